The lowest BCUT2D eigenvalue weighted by Gasteiger charge is -2.29. The van der Waals surface area contributed by atoms with Gasteiger partial charge in [0.2, 0.25) is 0 Å². The second kappa shape index (κ2) is 5.18. The van der Waals surface area contributed by atoms with Crippen molar-refractivity contribution >= 4 is 22.4 Å². The largest absolute Gasteiger partial charge is 0.508 e. The predicted molar refractivity (Wildman–Crippen MR) is 96.6 cm³/mol. The second-order valence-corrected chi connectivity index (χ2v) is 6.57. The van der Waals surface area contributed by atoms with Gasteiger partial charge in [-0.25, -0.2) is 0 Å². The first-order valence-electron chi connectivity index (χ1n) is 8.42. The van der Waals surface area contributed by atoms with Crippen LogP contribution in [0.5, 0.6) is 5.75 Å². The molecule has 0 spiro atoms. The molecule has 0 saturated heterocycles. The molecule has 0 bridgehead atoms. The number of fused-ring (bicyclic) bond motifs is 3. The van der Waals surface area contributed by atoms with Crippen LogP contribution < -0.4 is 5.32 Å². The number of nitrogens with one attached hydrogen (secondary N) is 1. The van der Waals surface area contributed by atoms with Crippen molar-refractivity contribution in [3.05, 3.63) is 77.1 Å². The molecule has 0 saturated carbocycles. The van der Waals surface area contributed by atoms with Crippen LogP contribution in [0.1, 0.15) is 29.9 Å². The summed E-state index contributed by atoms with van der Waals surface area (Å²) in [5.74, 6) is 0.248. The van der Waals surface area contributed by atoms with E-state index in [-0.39, 0.29) is 17.5 Å². The first-order valence-corrected chi connectivity index (χ1v) is 8.42. The number of pyridine rings is 1. The van der Waals surface area contributed by atoms with E-state index in [9.17, 15) is 9.90 Å². The molecule has 1 atom stereocenters. The van der Waals surface area contributed by atoms with Crippen LogP contribution in [0.15, 0.2) is 66.0 Å². The molecule has 122 valence electrons. The maximum atomic E-state index is 12.6. The Morgan fingerprint density at radius 3 is 2.88 bits per heavy atom. The summed E-state index contributed by atoms with van der Waals surface area (Å²) < 4.78 is 0. The number of aromatic nitrogens is 1. The molecule has 0 radical (unpaired) electrons. The molecule has 1 aliphatic carbocycles. The van der Waals surface area contributed by atoms with Crippen molar-refractivity contribution in [3.8, 4) is 5.75 Å². The van der Waals surface area contributed by atoms with Crippen LogP contribution in [0.2, 0.25) is 0 Å². The quantitative estimate of drug-likeness (QED) is 0.705. The number of hydrogen-bond acceptors (Lipinski definition) is 4. The summed E-state index contributed by atoms with van der Waals surface area (Å²) in [5, 5.41) is 14.5. The molecule has 2 heterocycles. The van der Waals surface area contributed by atoms with Gasteiger partial charge in [-0.15, -0.1) is 0 Å². The minimum absolute atomic E-state index is 0.155. The number of phenols is 1. The van der Waals surface area contributed by atoms with Gasteiger partial charge in [0.15, 0.2) is 5.78 Å². The summed E-state index contributed by atoms with van der Waals surface area (Å²) in [7, 11) is 0. The van der Waals surface area contributed by atoms with Gasteiger partial charge in [0.05, 0.1) is 11.2 Å². The van der Waals surface area contributed by atoms with E-state index in [0.29, 0.717) is 6.42 Å². The molecular weight excluding hydrogens is 312 g/mol. The van der Waals surface area contributed by atoms with Crippen LogP contribution in [0.4, 0.5) is 5.69 Å². The average molecular weight is 328 g/mol. The third kappa shape index (κ3) is 2.07. The summed E-state index contributed by atoms with van der Waals surface area (Å²) in [6, 6.07) is 15.2. The lowest BCUT2D eigenvalue weighted by Crippen LogP contribution is -2.19. The molecule has 1 unspecified atom stereocenters. The van der Waals surface area contributed by atoms with Crippen molar-refractivity contribution in [2.75, 3.05) is 5.32 Å². The van der Waals surface area contributed by atoms with Gasteiger partial charge in [-0.05, 0) is 47.9 Å². The number of anilines is 1. The fraction of sp³-hybridized carbons (Fsp3) is 0.143. The Hall–Kier alpha value is -3.14. The number of ketones is 1. The van der Waals surface area contributed by atoms with Crippen molar-refractivity contribution in [2.24, 2.45) is 0 Å². The van der Waals surface area contributed by atoms with Crippen LogP contribution in [0.3, 0.4) is 0 Å². The zero-order chi connectivity index (χ0) is 17.0. The Labute approximate surface area is 144 Å². The van der Waals surface area contributed by atoms with Gasteiger partial charge in [0.25, 0.3) is 0 Å². The molecule has 4 heteroatoms. The minimum Gasteiger partial charge on any atom is -0.508 e. The number of aromatic hydroxyl groups is 1. The Kier molecular flexibility index (Phi) is 2.95. The third-order valence-electron chi connectivity index (χ3n) is 5.12. The van der Waals surface area contributed by atoms with Crippen molar-refractivity contribution < 1.29 is 9.90 Å². The van der Waals surface area contributed by atoms with E-state index in [2.05, 4.69) is 16.4 Å². The molecule has 1 aromatic heterocycles. The lowest BCUT2D eigenvalue weighted by atomic mass is 9.80. The van der Waals surface area contributed by atoms with Crippen molar-refractivity contribution in [1.29, 1.82) is 0 Å². The van der Waals surface area contributed by atoms with Gasteiger partial charge >= 0.3 is 0 Å². The van der Waals surface area contributed by atoms with Crippen LogP contribution in [-0.2, 0) is 4.79 Å². The van der Waals surface area contributed by atoms with Crippen LogP contribution >= 0.6 is 0 Å². The van der Waals surface area contributed by atoms with E-state index in [0.717, 1.165) is 45.4 Å². The number of nitrogens with zero attached hydrogens (tertiary/aromatic N) is 1. The summed E-state index contributed by atoms with van der Waals surface area (Å²) in [6.07, 6.45) is 3.06. The van der Waals surface area contributed by atoms with Gasteiger partial charge in [0, 0.05) is 35.2 Å². The normalized spacial score (nSPS) is 18.9. The molecule has 3 aromatic rings. The van der Waals surface area contributed by atoms with E-state index >= 15 is 0 Å². The van der Waals surface area contributed by atoms with Gasteiger partial charge < -0.3 is 10.4 Å². The Morgan fingerprint density at radius 1 is 1.08 bits per heavy atom. The SMILES string of the molecule is O=C1CCC2=C1C(c1cccc(O)c1)c1ccc3ncccc3c1N2. The third-order valence-corrected chi connectivity index (χ3v) is 5.12. The highest BCUT2D eigenvalue weighted by molar-refractivity contribution is 6.05. The standard InChI is InChI=1S/C21H16N2O2/c24-13-4-1-3-12(11-13)19-15-6-7-16-14(5-2-10-22-16)21(15)23-17-8-9-18(25)20(17)19/h1-7,10-11,19,23-24H,8-9H2. The molecule has 5 rings (SSSR count). The summed E-state index contributed by atoms with van der Waals surface area (Å²) in [6.45, 7) is 0. The molecule has 2 aromatic carbocycles. The first-order chi connectivity index (χ1) is 12.2. The van der Waals surface area contributed by atoms with E-state index in [1.54, 1.807) is 18.3 Å². The van der Waals surface area contributed by atoms with E-state index < -0.39 is 0 Å². The lowest BCUT2D eigenvalue weighted by molar-refractivity contribution is -0.115. The van der Waals surface area contributed by atoms with Gasteiger partial charge in [0.1, 0.15) is 5.75 Å². The summed E-state index contributed by atoms with van der Waals surface area (Å²) >= 11 is 0. The molecular formula is C21H16N2O2. The average Bonchev–Trinajstić information content (AvgIpc) is 3.00. The monoisotopic (exact) mass is 328 g/mol. The van der Waals surface area contributed by atoms with Crippen LogP contribution in [0, 0.1) is 0 Å². The van der Waals surface area contributed by atoms with E-state index in [4.69, 9.17) is 0 Å². The van der Waals surface area contributed by atoms with E-state index in [1.165, 1.54) is 0 Å². The Balaban J connectivity index is 1.81. The number of hydrogen-bond donors (Lipinski definition) is 2. The second-order valence-electron chi connectivity index (χ2n) is 6.57. The van der Waals surface area contributed by atoms with Crippen LogP contribution in [0.25, 0.3) is 10.9 Å². The topological polar surface area (TPSA) is 62.2 Å². The highest BCUT2D eigenvalue weighted by Gasteiger charge is 2.37. The van der Waals surface area contributed by atoms with Crippen LogP contribution in [-0.4, -0.2) is 15.9 Å². The summed E-state index contributed by atoms with van der Waals surface area (Å²) in [4.78, 5) is 17.0. The molecule has 2 aliphatic rings. The smallest absolute Gasteiger partial charge is 0.161 e. The molecule has 4 nitrogen and oxygen atoms in total. The maximum Gasteiger partial charge on any atom is 0.161 e. The Bertz CT molecular complexity index is 1070. The molecule has 2 N–H and O–H groups in total. The fourth-order valence-corrected chi connectivity index (χ4v) is 4.05. The fourth-order valence-electron chi connectivity index (χ4n) is 4.05. The Morgan fingerprint density at radius 2 is 2.00 bits per heavy atom. The van der Waals surface area contributed by atoms with Crippen molar-refractivity contribution in [3.63, 3.8) is 0 Å². The number of allylic oxidation sites excluding steroid dienone is 2. The van der Waals surface area contributed by atoms with Crippen molar-refractivity contribution in [1.82, 2.24) is 4.98 Å². The molecule has 25 heavy (non-hydrogen) atoms. The first kappa shape index (κ1) is 14.2. The number of rotatable bonds is 1. The highest BCUT2D eigenvalue weighted by atomic mass is 16.3. The number of carbonyl (C=O) groups excluding carboxylic acids is 1. The zero-order valence-electron chi connectivity index (χ0n) is 13.5. The van der Waals surface area contributed by atoms with E-state index in [1.807, 2.05) is 30.3 Å². The number of Topliss-reactive ketones (excluding diaryl/α,β-unsaturated/α-hetero) is 1. The predicted octanol–water partition coefficient (Wildman–Crippen LogP) is 4.11. The highest BCUT2D eigenvalue weighted by Crippen LogP contribution is 2.48. The van der Waals surface area contributed by atoms with Gasteiger partial charge in [-0.2, -0.15) is 0 Å². The molecule has 0 fully saturated rings. The number of carbonyl (C=O) groups is 1. The van der Waals surface area contributed by atoms with Gasteiger partial charge in [-0.3, -0.25) is 9.78 Å². The zero-order valence-corrected chi connectivity index (χ0v) is 13.5. The van der Waals surface area contributed by atoms with Gasteiger partial charge in [-0.1, -0.05) is 18.2 Å². The molecule has 1 aliphatic heterocycles. The minimum atomic E-state index is -0.155. The molecule has 0 amide bonds. The number of benzene rings is 2. The van der Waals surface area contributed by atoms with Crippen molar-refractivity contribution in [2.45, 2.75) is 18.8 Å². The number of phenolic OH excluding ortho intramolecular Hbond substituents is 1. The maximum absolute atomic E-state index is 12.6. The summed E-state index contributed by atoms with van der Waals surface area (Å²) in [5.41, 5.74) is 5.78.